The van der Waals surface area contributed by atoms with Gasteiger partial charge in [0.05, 0.1) is 26.9 Å². The molecular formula is C21H16Cl2N4O3S2. The molecule has 0 radical (unpaired) electrons. The predicted molar refractivity (Wildman–Crippen MR) is 130 cm³/mol. The Kier molecular flexibility index (Phi) is 6.61. The zero-order chi connectivity index (χ0) is 22.8. The molecule has 0 fully saturated rings. The van der Waals surface area contributed by atoms with Crippen LogP contribution in [0.1, 0.15) is 22.8 Å². The maximum atomic E-state index is 12.8. The summed E-state index contributed by atoms with van der Waals surface area (Å²) < 4.78 is 4.45. The van der Waals surface area contributed by atoms with Gasteiger partial charge in [0, 0.05) is 10.6 Å². The standard InChI is InChI=1S/C21H16Cl2N4O3S2/c1-2-32(19-8-6-16(23)31-19)26-21(30)25-14-5-7-17(24-11-14)27-18(28)9-12-3-4-13(22)10-15(12)20(27)29/h2-8,10-11H,9H2,1H3,(H2,25,26,30). The average Bonchev–Trinajstić information content (AvgIpc) is 3.20. The fourth-order valence-electron chi connectivity index (χ4n) is 3.10. The van der Waals surface area contributed by atoms with Gasteiger partial charge in [0.15, 0.2) is 0 Å². The first-order valence-corrected chi connectivity index (χ1v) is 12.2. The zero-order valence-corrected chi connectivity index (χ0v) is 19.7. The molecule has 1 aliphatic rings. The smallest absolute Gasteiger partial charge is 0.306 e. The number of rotatable bonds is 4. The summed E-state index contributed by atoms with van der Waals surface area (Å²) in [7, 11) is -0.600. The average molecular weight is 507 g/mol. The summed E-state index contributed by atoms with van der Waals surface area (Å²) in [6.45, 7) is 1.85. The molecule has 4 amide bonds. The number of urea groups is 1. The highest BCUT2D eigenvalue weighted by Crippen LogP contribution is 2.33. The molecule has 11 heteroatoms. The summed E-state index contributed by atoms with van der Waals surface area (Å²) in [5.41, 5.74) is 1.42. The number of thiophene rings is 1. The normalized spacial score (nSPS) is 14.3. The number of aromatic nitrogens is 1. The fraction of sp³-hybridized carbons (Fsp3) is 0.0952. The molecular weight excluding hydrogens is 491 g/mol. The lowest BCUT2D eigenvalue weighted by molar-refractivity contribution is -0.117. The van der Waals surface area contributed by atoms with Crippen LogP contribution in [0, 0.1) is 0 Å². The van der Waals surface area contributed by atoms with E-state index in [9.17, 15) is 14.4 Å². The minimum absolute atomic E-state index is 0.0743. The van der Waals surface area contributed by atoms with Gasteiger partial charge in [0.2, 0.25) is 5.91 Å². The topological polar surface area (TPSA) is 91.4 Å². The first-order chi connectivity index (χ1) is 15.4. The van der Waals surface area contributed by atoms with Gasteiger partial charge in [-0.05, 0) is 54.3 Å². The Morgan fingerprint density at radius 1 is 1.19 bits per heavy atom. The minimum Gasteiger partial charge on any atom is -0.306 e. The second kappa shape index (κ2) is 9.41. The summed E-state index contributed by atoms with van der Waals surface area (Å²) in [6, 6.07) is 11.2. The van der Waals surface area contributed by atoms with E-state index in [1.165, 1.54) is 23.6 Å². The van der Waals surface area contributed by atoms with Crippen molar-refractivity contribution in [3.05, 3.63) is 69.1 Å². The third-order valence-electron chi connectivity index (χ3n) is 4.53. The van der Waals surface area contributed by atoms with Crippen molar-refractivity contribution in [2.75, 3.05) is 10.2 Å². The van der Waals surface area contributed by atoms with Crippen molar-refractivity contribution in [1.82, 2.24) is 9.71 Å². The minimum atomic E-state index is -0.600. The third-order valence-corrected chi connectivity index (χ3v) is 8.03. The lowest BCUT2D eigenvalue weighted by atomic mass is 9.98. The van der Waals surface area contributed by atoms with Gasteiger partial charge < -0.3 is 5.32 Å². The summed E-state index contributed by atoms with van der Waals surface area (Å²) in [5, 5.41) is 4.99. The molecule has 1 unspecified atom stereocenters. The third kappa shape index (κ3) is 4.71. The first-order valence-electron chi connectivity index (χ1n) is 9.33. The van der Waals surface area contributed by atoms with Crippen LogP contribution in [0.25, 0.3) is 0 Å². The zero-order valence-electron chi connectivity index (χ0n) is 16.6. The van der Waals surface area contributed by atoms with E-state index in [4.69, 9.17) is 23.2 Å². The number of fused-ring (bicyclic) bond motifs is 1. The number of carbonyl (C=O) groups excluding carboxylic acids is 3. The van der Waals surface area contributed by atoms with Crippen molar-refractivity contribution < 1.29 is 14.4 Å². The molecule has 3 aromatic rings. The number of amides is 4. The monoisotopic (exact) mass is 506 g/mol. The number of nitrogens with one attached hydrogen (secondary N) is 2. The number of hydrogen-bond acceptors (Lipinski definition) is 5. The number of nitrogens with zero attached hydrogens (tertiary/aromatic N) is 2. The Hall–Kier alpha value is -2.72. The van der Waals surface area contributed by atoms with E-state index in [1.807, 2.05) is 18.4 Å². The second-order valence-corrected chi connectivity index (χ2v) is 10.8. The summed E-state index contributed by atoms with van der Waals surface area (Å²) in [4.78, 5) is 43.0. The van der Waals surface area contributed by atoms with E-state index in [1.54, 1.807) is 30.3 Å². The molecule has 1 aliphatic heterocycles. The van der Waals surface area contributed by atoms with Crippen LogP contribution in [-0.2, 0) is 11.2 Å². The Morgan fingerprint density at radius 3 is 2.66 bits per heavy atom. The molecule has 4 rings (SSSR count). The van der Waals surface area contributed by atoms with Gasteiger partial charge in [0.25, 0.3) is 5.91 Å². The molecule has 3 heterocycles. The molecule has 0 aliphatic carbocycles. The van der Waals surface area contributed by atoms with E-state index in [-0.39, 0.29) is 18.1 Å². The highest BCUT2D eigenvalue weighted by molar-refractivity contribution is 8.15. The Labute approximate surface area is 200 Å². The van der Waals surface area contributed by atoms with Crippen LogP contribution in [0.5, 0.6) is 0 Å². The highest BCUT2D eigenvalue weighted by Gasteiger charge is 2.33. The Bertz CT molecular complexity index is 1260. The van der Waals surface area contributed by atoms with Gasteiger partial charge in [0.1, 0.15) is 5.82 Å². The van der Waals surface area contributed by atoms with E-state index in [2.05, 4.69) is 15.0 Å². The van der Waals surface area contributed by atoms with Gasteiger partial charge >= 0.3 is 6.03 Å². The van der Waals surface area contributed by atoms with E-state index >= 15 is 0 Å². The van der Waals surface area contributed by atoms with E-state index < -0.39 is 22.6 Å². The van der Waals surface area contributed by atoms with Crippen molar-refractivity contribution in [2.45, 2.75) is 17.6 Å². The molecule has 1 aromatic carbocycles. The van der Waals surface area contributed by atoms with Gasteiger partial charge in [-0.3, -0.25) is 14.3 Å². The molecule has 0 spiro atoms. The highest BCUT2D eigenvalue weighted by atomic mass is 35.5. The van der Waals surface area contributed by atoms with Crippen molar-refractivity contribution in [3.8, 4) is 0 Å². The fourth-order valence-corrected chi connectivity index (χ4v) is 6.14. The number of carbonyl (C=O) groups is 3. The number of benzene rings is 1. The maximum Gasteiger partial charge on any atom is 0.329 e. The lowest BCUT2D eigenvalue weighted by Gasteiger charge is -2.26. The Balaban J connectivity index is 1.47. The quantitative estimate of drug-likeness (QED) is 0.367. The number of hydrogen-bond donors (Lipinski definition) is 2. The van der Waals surface area contributed by atoms with Crippen molar-refractivity contribution in [3.63, 3.8) is 0 Å². The van der Waals surface area contributed by atoms with Crippen LogP contribution < -0.4 is 14.9 Å². The van der Waals surface area contributed by atoms with Gasteiger partial charge in [-0.1, -0.05) is 39.9 Å². The summed E-state index contributed by atoms with van der Waals surface area (Å²) in [6.07, 6.45) is 1.46. The molecule has 0 saturated carbocycles. The van der Waals surface area contributed by atoms with Crippen molar-refractivity contribution in [2.24, 2.45) is 0 Å². The first kappa shape index (κ1) is 22.5. The molecule has 2 aromatic heterocycles. The molecule has 0 saturated heterocycles. The van der Waals surface area contributed by atoms with Crippen molar-refractivity contribution >= 4 is 79.9 Å². The summed E-state index contributed by atoms with van der Waals surface area (Å²) in [5.74, 6) is -0.693. The van der Waals surface area contributed by atoms with Crippen LogP contribution in [0.3, 0.4) is 0 Å². The number of pyridine rings is 1. The molecule has 7 nitrogen and oxygen atoms in total. The molecule has 164 valence electrons. The largest absolute Gasteiger partial charge is 0.329 e. The van der Waals surface area contributed by atoms with E-state index in [0.29, 0.717) is 26.2 Å². The van der Waals surface area contributed by atoms with Crippen molar-refractivity contribution in [1.29, 1.82) is 0 Å². The van der Waals surface area contributed by atoms with Gasteiger partial charge in [-0.15, -0.1) is 11.3 Å². The maximum absolute atomic E-state index is 12.8. The molecule has 0 bridgehead atoms. The number of halogens is 2. The van der Waals surface area contributed by atoms with Crippen LogP contribution in [-0.4, -0.2) is 28.2 Å². The molecule has 2 N–H and O–H groups in total. The number of anilines is 2. The number of imide groups is 1. The Morgan fingerprint density at radius 2 is 2.00 bits per heavy atom. The lowest BCUT2D eigenvalue weighted by Crippen LogP contribution is -2.43. The van der Waals surface area contributed by atoms with Crippen LogP contribution >= 0.6 is 45.2 Å². The van der Waals surface area contributed by atoms with Crippen LogP contribution in [0.15, 0.2) is 52.9 Å². The van der Waals surface area contributed by atoms with Crippen LogP contribution in [0.4, 0.5) is 16.3 Å². The molecule has 32 heavy (non-hydrogen) atoms. The van der Waals surface area contributed by atoms with Gasteiger partial charge in [-0.2, -0.15) is 0 Å². The van der Waals surface area contributed by atoms with Crippen LogP contribution in [0.2, 0.25) is 9.36 Å². The summed E-state index contributed by atoms with van der Waals surface area (Å²) >= 11 is 13.4. The van der Waals surface area contributed by atoms with Gasteiger partial charge in [-0.25, -0.2) is 14.7 Å². The predicted octanol–water partition coefficient (Wildman–Crippen LogP) is 5.37. The SMILES string of the molecule is C/C=S(\NC(=O)Nc1ccc(N2C(=O)Cc3ccc(Cl)cc3C2=O)nc1)c1ccc(Cl)s1. The second-order valence-electron chi connectivity index (χ2n) is 6.61. The molecule has 1 atom stereocenters. The van der Waals surface area contributed by atoms with E-state index in [0.717, 1.165) is 9.11 Å².